The normalized spacial score (nSPS) is 19.6. The highest BCUT2D eigenvalue weighted by Gasteiger charge is 2.19. The molecule has 0 bridgehead atoms. The van der Waals surface area contributed by atoms with Crippen molar-refractivity contribution in [3.63, 3.8) is 0 Å². The van der Waals surface area contributed by atoms with E-state index in [2.05, 4.69) is 44.3 Å². The Bertz CT molecular complexity index is 751. The molecule has 0 unspecified atom stereocenters. The highest BCUT2D eigenvalue weighted by molar-refractivity contribution is 7.17. The molecular formula is C22H31N3OS. The van der Waals surface area contributed by atoms with E-state index in [1.807, 2.05) is 11.3 Å². The number of hydrogen-bond acceptors (Lipinski definition) is 4. The molecule has 4 rings (SSSR count). The number of carbonyl (C=O) groups excluding carboxylic acids is 1. The summed E-state index contributed by atoms with van der Waals surface area (Å²) in [6, 6.07) is 8.92. The first kappa shape index (κ1) is 18.8. The molecule has 5 heteroatoms. The lowest BCUT2D eigenvalue weighted by molar-refractivity contribution is -0.130. The molecule has 1 amide bonds. The number of likely N-dealkylation sites (tertiary alicyclic amines) is 1. The molecule has 3 heterocycles. The Morgan fingerprint density at radius 3 is 2.63 bits per heavy atom. The maximum absolute atomic E-state index is 12.1. The second kappa shape index (κ2) is 9.07. The van der Waals surface area contributed by atoms with E-state index in [0.29, 0.717) is 5.91 Å². The molecule has 4 nitrogen and oxygen atoms in total. The molecule has 2 aliphatic heterocycles. The van der Waals surface area contributed by atoms with Crippen molar-refractivity contribution >= 4 is 33.0 Å². The average molecular weight is 386 g/mol. The highest BCUT2D eigenvalue weighted by atomic mass is 32.1. The molecule has 0 aliphatic carbocycles. The largest absolute Gasteiger partial charge is 0.368 e. The molecule has 2 fully saturated rings. The lowest BCUT2D eigenvalue weighted by Gasteiger charge is -2.36. The van der Waals surface area contributed by atoms with Gasteiger partial charge in [-0.2, -0.15) is 0 Å². The molecule has 146 valence electrons. The molecule has 1 aromatic heterocycles. The minimum absolute atomic E-state index is 0.378. The first-order valence-electron chi connectivity index (χ1n) is 10.5. The smallest absolute Gasteiger partial charge is 0.222 e. The van der Waals surface area contributed by atoms with Crippen LogP contribution in [0.15, 0.2) is 29.6 Å². The lowest BCUT2D eigenvalue weighted by atomic mass is 10.1. The maximum Gasteiger partial charge on any atom is 0.222 e. The van der Waals surface area contributed by atoms with Gasteiger partial charge in [0.05, 0.1) is 0 Å². The van der Waals surface area contributed by atoms with Crippen LogP contribution >= 0.6 is 11.3 Å². The summed E-state index contributed by atoms with van der Waals surface area (Å²) in [6.07, 6.45) is 6.58. The fourth-order valence-electron chi connectivity index (χ4n) is 4.38. The summed E-state index contributed by atoms with van der Waals surface area (Å²) in [4.78, 5) is 19.3. The van der Waals surface area contributed by atoms with E-state index in [9.17, 15) is 4.79 Å². The van der Waals surface area contributed by atoms with Crippen molar-refractivity contribution < 1.29 is 4.79 Å². The van der Waals surface area contributed by atoms with Crippen LogP contribution in [0.5, 0.6) is 0 Å². The summed E-state index contributed by atoms with van der Waals surface area (Å²) < 4.78 is 1.39. The van der Waals surface area contributed by atoms with Crippen LogP contribution in [0.3, 0.4) is 0 Å². The Hall–Kier alpha value is -1.59. The number of nitrogens with zero attached hydrogens (tertiary/aromatic N) is 3. The molecule has 0 saturated carbocycles. The van der Waals surface area contributed by atoms with Gasteiger partial charge in [-0.3, -0.25) is 9.69 Å². The van der Waals surface area contributed by atoms with E-state index in [0.717, 1.165) is 58.5 Å². The minimum Gasteiger partial charge on any atom is -0.368 e. The van der Waals surface area contributed by atoms with Crippen molar-refractivity contribution in [2.75, 3.05) is 50.7 Å². The Balaban J connectivity index is 1.20. The number of rotatable bonds is 6. The number of anilines is 1. The van der Waals surface area contributed by atoms with Gasteiger partial charge in [0.2, 0.25) is 5.91 Å². The van der Waals surface area contributed by atoms with Crippen LogP contribution in [0.4, 0.5) is 5.69 Å². The van der Waals surface area contributed by atoms with Crippen molar-refractivity contribution in [3.8, 4) is 0 Å². The molecule has 2 aliphatic rings. The molecule has 27 heavy (non-hydrogen) atoms. The Labute approximate surface area is 166 Å². The zero-order chi connectivity index (χ0) is 18.5. The lowest BCUT2D eigenvalue weighted by Crippen LogP contribution is -2.46. The molecule has 0 radical (unpaired) electrons. The number of carbonyl (C=O) groups is 1. The van der Waals surface area contributed by atoms with E-state index in [-0.39, 0.29) is 0 Å². The second-order valence-electron chi connectivity index (χ2n) is 7.84. The van der Waals surface area contributed by atoms with Crippen LogP contribution in [-0.4, -0.2) is 61.5 Å². The van der Waals surface area contributed by atoms with Gasteiger partial charge >= 0.3 is 0 Å². The van der Waals surface area contributed by atoms with Crippen molar-refractivity contribution in [2.24, 2.45) is 0 Å². The fraction of sp³-hybridized carbons (Fsp3) is 0.591. The highest BCUT2D eigenvalue weighted by Crippen LogP contribution is 2.31. The van der Waals surface area contributed by atoms with E-state index in [4.69, 9.17) is 0 Å². The Kier molecular flexibility index (Phi) is 6.30. The molecule has 0 N–H and O–H groups in total. The molecule has 2 saturated heterocycles. The van der Waals surface area contributed by atoms with E-state index < -0.39 is 0 Å². The van der Waals surface area contributed by atoms with E-state index >= 15 is 0 Å². The van der Waals surface area contributed by atoms with Crippen LogP contribution in [0.2, 0.25) is 0 Å². The van der Waals surface area contributed by atoms with Gasteiger partial charge < -0.3 is 9.80 Å². The third kappa shape index (κ3) is 4.64. The van der Waals surface area contributed by atoms with Gasteiger partial charge in [0.15, 0.2) is 0 Å². The van der Waals surface area contributed by atoms with Gasteiger partial charge in [0, 0.05) is 61.5 Å². The summed E-state index contributed by atoms with van der Waals surface area (Å²) in [5.74, 6) is 0.378. The monoisotopic (exact) mass is 385 g/mol. The fourth-order valence-corrected chi connectivity index (χ4v) is 5.19. The van der Waals surface area contributed by atoms with Crippen molar-refractivity contribution in [3.05, 3.63) is 29.6 Å². The number of fused-ring (bicyclic) bond motifs is 1. The number of thiophene rings is 1. The molecule has 0 atom stereocenters. The second-order valence-corrected chi connectivity index (χ2v) is 8.78. The third-order valence-corrected chi connectivity index (χ3v) is 6.89. The predicted octanol–water partition coefficient (Wildman–Crippen LogP) is 4.21. The van der Waals surface area contributed by atoms with Gasteiger partial charge in [-0.15, -0.1) is 11.3 Å². The Morgan fingerprint density at radius 1 is 0.889 bits per heavy atom. The van der Waals surface area contributed by atoms with Crippen LogP contribution < -0.4 is 4.90 Å². The summed E-state index contributed by atoms with van der Waals surface area (Å²) in [5, 5.41) is 3.59. The predicted molar refractivity (Wildman–Crippen MR) is 115 cm³/mol. The number of piperazine rings is 1. The van der Waals surface area contributed by atoms with Crippen molar-refractivity contribution in [1.82, 2.24) is 9.80 Å². The molecule has 1 aromatic carbocycles. The first-order valence-corrected chi connectivity index (χ1v) is 11.4. The first-order chi connectivity index (χ1) is 13.3. The topological polar surface area (TPSA) is 26.8 Å². The zero-order valence-corrected chi connectivity index (χ0v) is 17.1. The van der Waals surface area contributed by atoms with E-state index in [1.54, 1.807) is 0 Å². The van der Waals surface area contributed by atoms with Crippen molar-refractivity contribution in [2.45, 2.75) is 38.5 Å². The SMILES string of the molecule is O=C1CCCCCN1CCCCN1CCN(c2cccc3sccc23)CC1. The molecule has 2 aromatic rings. The molecule has 0 spiro atoms. The van der Waals surface area contributed by atoms with Crippen LogP contribution in [0.25, 0.3) is 10.1 Å². The van der Waals surface area contributed by atoms with Gasteiger partial charge in [0.1, 0.15) is 0 Å². The number of hydrogen-bond donors (Lipinski definition) is 0. The van der Waals surface area contributed by atoms with Gasteiger partial charge in [-0.05, 0) is 55.8 Å². The zero-order valence-electron chi connectivity index (χ0n) is 16.2. The van der Waals surface area contributed by atoms with Gasteiger partial charge in [-0.25, -0.2) is 0 Å². The maximum atomic E-state index is 12.1. The number of unbranched alkanes of at least 4 members (excludes halogenated alkanes) is 1. The average Bonchev–Trinajstić information content (AvgIpc) is 3.09. The van der Waals surface area contributed by atoms with Gasteiger partial charge in [0.25, 0.3) is 0 Å². The van der Waals surface area contributed by atoms with Gasteiger partial charge in [-0.1, -0.05) is 12.5 Å². The minimum atomic E-state index is 0.378. The number of benzene rings is 1. The van der Waals surface area contributed by atoms with Crippen LogP contribution in [0, 0.1) is 0 Å². The quantitative estimate of drug-likeness (QED) is 0.697. The summed E-state index contributed by atoms with van der Waals surface area (Å²) in [7, 11) is 0. The summed E-state index contributed by atoms with van der Waals surface area (Å²) in [6.45, 7) is 7.61. The third-order valence-electron chi connectivity index (χ3n) is 6.01. The molecular weight excluding hydrogens is 354 g/mol. The number of amides is 1. The van der Waals surface area contributed by atoms with E-state index in [1.165, 1.54) is 41.6 Å². The standard InChI is InChI=1S/C22H31N3OS/c26-22-9-2-1-3-12-25(22)13-5-4-11-23-14-16-24(17-15-23)20-7-6-8-21-19(20)10-18-27-21/h6-8,10,18H,1-5,9,11-17H2. The summed E-state index contributed by atoms with van der Waals surface area (Å²) >= 11 is 1.83. The van der Waals surface area contributed by atoms with Crippen molar-refractivity contribution in [1.29, 1.82) is 0 Å². The summed E-state index contributed by atoms with van der Waals surface area (Å²) in [5.41, 5.74) is 1.40. The Morgan fingerprint density at radius 2 is 1.74 bits per heavy atom. The van der Waals surface area contributed by atoms with Crippen LogP contribution in [0.1, 0.15) is 38.5 Å². The van der Waals surface area contributed by atoms with Crippen LogP contribution in [-0.2, 0) is 4.79 Å².